The lowest BCUT2D eigenvalue weighted by atomic mass is 10.2. The molecule has 0 saturated carbocycles. The van der Waals surface area contributed by atoms with Gasteiger partial charge in [0.05, 0.1) is 18.0 Å². The Balaban J connectivity index is 1.52. The van der Waals surface area contributed by atoms with E-state index < -0.39 is 0 Å². The Kier molecular flexibility index (Phi) is 5.02. The zero-order valence-corrected chi connectivity index (χ0v) is 14.3. The monoisotopic (exact) mass is 335 g/mol. The van der Waals surface area contributed by atoms with Gasteiger partial charge in [-0.2, -0.15) is 4.98 Å². The summed E-state index contributed by atoms with van der Waals surface area (Å²) in [4.78, 5) is 25.9. The van der Waals surface area contributed by atoms with Gasteiger partial charge in [0.1, 0.15) is 0 Å². The molecule has 1 amide bonds. The molecule has 1 aliphatic rings. The van der Waals surface area contributed by atoms with Crippen LogP contribution in [0.15, 0.2) is 16.2 Å². The number of aryl methyl sites for hydroxylation is 1. The molecule has 8 heteroatoms. The number of hydrogen-bond donors (Lipinski definition) is 0. The first-order valence-electron chi connectivity index (χ1n) is 7.89. The van der Waals surface area contributed by atoms with E-state index in [0.717, 1.165) is 43.3 Å². The van der Waals surface area contributed by atoms with Gasteiger partial charge in [0.2, 0.25) is 11.8 Å². The van der Waals surface area contributed by atoms with E-state index in [2.05, 4.69) is 26.9 Å². The fraction of sp³-hybridized carbons (Fsp3) is 0.600. The third-order valence-electron chi connectivity index (χ3n) is 4.18. The van der Waals surface area contributed by atoms with E-state index in [1.165, 1.54) is 11.3 Å². The minimum absolute atomic E-state index is 0.0848. The first-order valence-corrected chi connectivity index (χ1v) is 8.77. The van der Waals surface area contributed by atoms with Gasteiger partial charge in [0.25, 0.3) is 0 Å². The zero-order chi connectivity index (χ0) is 16.2. The summed E-state index contributed by atoms with van der Waals surface area (Å²) in [5, 5.41) is 3.95. The summed E-state index contributed by atoms with van der Waals surface area (Å²) in [6.45, 7) is 7.18. The van der Waals surface area contributed by atoms with Crippen LogP contribution in [0.3, 0.4) is 0 Å². The second kappa shape index (κ2) is 7.18. The van der Waals surface area contributed by atoms with Crippen LogP contribution in [-0.2, 0) is 17.6 Å². The van der Waals surface area contributed by atoms with E-state index in [9.17, 15) is 4.79 Å². The van der Waals surface area contributed by atoms with E-state index in [-0.39, 0.29) is 11.9 Å². The Morgan fingerprint density at radius 2 is 2.17 bits per heavy atom. The quantitative estimate of drug-likeness (QED) is 0.825. The predicted octanol–water partition coefficient (Wildman–Crippen LogP) is 1.54. The number of carbonyl (C=O) groups excluding carboxylic acids is 1. The van der Waals surface area contributed by atoms with E-state index in [0.29, 0.717) is 12.3 Å². The summed E-state index contributed by atoms with van der Waals surface area (Å²) in [7, 11) is 0. The highest BCUT2D eigenvalue weighted by atomic mass is 32.1. The first kappa shape index (κ1) is 16.1. The van der Waals surface area contributed by atoms with Gasteiger partial charge in [-0.25, -0.2) is 0 Å². The second-order valence-electron chi connectivity index (χ2n) is 5.64. The molecule has 1 atom stereocenters. The minimum Gasteiger partial charge on any atom is -0.340 e. The molecule has 0 spiro atoms. The van der Waals surface area contributed by atoms with Crippen LogP contribution in [0.25, 0.3) is 0 Å². The Morgan fingerprint density at radius 3 is 2.78 bits per heavy atom. The molecule has 3 heterocycles. The standard InChI is InChI=1S/C15H21N5O2S/c1-3-13-17-15(22-18-13)11(2)19-4-6-20(7-5-19)14(21)8-12-9-16-10-23-12/h9-11H,3-8H2,1-2H3. The molecule has 1 saturated heterocycles. The van der Waals surface area contributed by atoms with Crippen LogP contribution in [0.2, 0.25) is 0 Å². The van der Waals surface area contributed by atoms with Crippen molar-refractivity contribution in [2.45, 2.75) is 32.7 Å². The predicted molar refractivity (Wildman–Crippen MR) is 86.1 cm³/mol. The lowest BCUT2D eigenvalue weighted by Crippen LogP contribution is -2.49. The molecule has 23 heavy (non-hydrogen) atoms. The van der Waals surface area contributed by atoms with E-state index in [4.69, 9.17) is 4.52 Å². The number of aromatic nitrogens is 3. The van der Waals surface area contributed by atoms with Crippen molar-refractivity contribution in [2.24, 2.45) is 0 Å². The van der Waals surface area contributed by atoms with Gasteiger partial charge in [-0.1, -0.05) is 12.1 Å². The molecule has 7 nitrogen and oxygen atoms in total. The number of amides is 1. The molecule has 2 aromatic rings. The van der Waals surface area contributed by atoms with Crippen molar-refractivity contribution in [3.8, 4) is 0 Å². The molecule has 2 aromatic heterocycles. The van der Waals surface area contributed by atoms with Crippen LogP contribution in [0.1, 0.15) is 36.5 Å². The van der Waals surface area contributed by atoms with Crippen LogP contribution < -0.4 is 0 Å². The molecule has 0 aliphatic carbocycles. The van der Waals surface area contributed by atoms with E-state index >= 15 is 0 Å². The number of carbonyl (C=O) groups is 1. The number of thiazole rings is 1. The molecule has 124 valence electrons. The molecular weight excluding hydrogens is 314 g/mol. The summed E-state index contributed by atoms with van der Waals surface area (Å²) in [5.74, 6) is 1.57. The number of piperazine rings is 1. The van der Waals surface area contributed by atoms with Gasteiger partial charge in [-0.15, -0.1) is 11.3 Å². The molecule has 1 unspecified atom stereocenters. The van der Waals surface area contributed by atoms with Gasteiger partial charge in [-0.3, -0.25) is 14.7 Å². The lowest BCUT2D eigenvalue weighted by Gasteiger charge is -2.36. The smallest absolute Gasteiger partial charge is 0.243 e. The highest BCUT2D eigenvalue weighted by Gasteiger charge is 2.27. The maximum atomic E-state index is 12.3. The minimum atomic E-state index is 0.0848. The number of hydrogen-bond acceptors (Lipinski definition) is 7. The molecule has 0 radical (unpaired) electrons. The third-order valence-corrected chi connectivity index (χ3v) is 4.96. The van der Waals surface area contributed by atoms with Crippen molar-refractivity contribution in [3.05, 3.63) is 28.3 Å². The van der Waals surface area contributed by atoms with Crippen molar-refractivity contribution in [1.82, 2.24) is 24.9 Å². The summed E-state index contributed by atoms with van der Waals surface area (Å²) in [6, 6.07) is 0.0848. The second-order valence-corrected chi connectivity index (χ2v) is 6.61. The first-order chi connectivity index (χ1) is 11.2. The molecule has 0 bridgehead atoms. The van der Waals surface area contributed by atoms with Gasteiger partial charge >= 0.3 is 0 Å². The summed E-state index contributed by atoms with van der Waals surface area (Å²) >= 11 is 1.53. The SMILES string of the molecule is CCc1noc(C(C)N2CCN(C(=O)Cc3cncs3)CC2)n1. The Bertz CT molecular complexity index is 634. The molecule has 1 fully saturated rings. The Hall–Kier alpha value is -1.80. The van der Waals surface area contributed by atoms with Gasteiger partial charge in [-0.05, 0) is 6.92 Å². The Morgan fingerprint density at radius 1 is 1.39 bits per heavy atom. The Labute approximate surface area is 139 Å². The van der Waals surface area contributed by atoms with Gasteiger partial charge < -0.3 is 9.42 Å². The summed E-state index contributed by atoms with van der Waals surface area (Å²) in [5.41, 5.74) is 1.76. The van der Waals surface area contributed by atoms with Gasteiger partial charge in [0, 0.05) is 43.7 Å². The fourth-order valence-corrected chi connectivity index (χ4v) is 3.27. The van der Waals surface area contributed by atoms with Crippen LogP contribution in [0.5, 0.6) is 0 Å². The largest absolute Gasteiger partial charge is 0.340 e. The molecule has 0 aromatic carbocycles. The average molecular weight is 335 g/mol. The topological polar surface area (TPSA) is 75.4 Å². The van der Waals surface area contributed by atoms with E-state index in [1.807, 2.05) is 11.8 Å². The summed E-state index contributed by atoms with van der Waals surface area (Å²) < 4.78 is 5.33. The highest BCUT2D eigenvalue weighted by molar-refractivity contribution is 7.09. The van der Waals surface area contributed by atoms with Crippen LogP contribution >= 0.6 is 11.3 Å². The maximum absolute atomic E-state index is 12.3. The number of nitrogens with zero attached hydrogens (tertiary/aromatic N) is 5. The normalized spacial score (nSPS) is 17.4. The van der Waals surface area contributed by atoms with Crippen molar-refractivity contribution in [3.63, 3.8) is 0 Å². The molecular formula is C15H21N5O2S. The van der Waals surface area contributed by atoms with Gasteiger partial charge in [0.15, 0.2) is 5.82 Å². The van der Waals surface area contributed by atoms with Crippen LogP contribution in [0, 0.1) is 0 Å². The third kappa shape index (κ3) is 3.76. The van der Waals surface area contributed by atoms with Crippen molar-refractivity contribution in [1.29, 1.82) is 0 Å². The lowest BCUT2D eigenvalue weighted by molar-refractivity contribution is -0.132. The fourth-order valence-electron chi connectivity index (χ4n) is 2.69. The van der Waals surface area contributed by atoms with Crippen molar-refractivity contribution in [2.75, 3.05) is 26.2 Å². The molecule has 1 aliphatic heterocycles. The highest BCUT2D eigenvalue weighted by Crippen LogP contribution is 2.20. The van der Waals surface area contributed by atoms with Crippen molar-refractivity contribution < 1.29 is 9.32 Å². The maximum Gasteiger partial charge on any atom is 0.243 e. The zero-order valence-electron chi connectivity index (χ0n) is 13.4. The summed E-state index contributed by atoms with van der Waals surface area (Å²) in [6.07, 6.45) is 2.99. The van der Waals surface area contributed by atoms with Crippen molar-refractivity contribution >= 4 is 17.2 Å². The van der Waals surface area contributed by atoms with Crippen LogP contribution in [0.4, 0.5) is 0 Å². The van der Waals surface area contributed by atoms with Crippen LogP contribution in [-0.4, -0.2) is 57.0 Å². The number of rotatable bonds is 5. The van der Waals surface area contributed by atoms with E-state index in [1.54, 1.807) is 11.7 Å². The average Bonchev–Trinajstić information content (AvgIpc) is 3.25. The molecule has 3 rings (SSSR count). The molecule has 0 N–H and O–H groups in total.